The summed E-state index contributed by atoms with van der Waals surface area (Å²) in [6.07, 6.45) is 0. The van der Waals surface area contributed by atoms with Gasteiger partial charge >= 0.3 is 0 Å². The van der Waals surface area contributed by atoms with E-state index in [0.717, 1.165) is 28.2 Å². The van der Waals surface area contributed by atoms with Gasteiger partial charge in [0.2, 0.25) is 0 Å². The number of ketones is 1. The third-order valence-corrected chi connectivity index (χ3v) is 4.74. The van der Waals surface area contributed by atoms with Crippen molar-refractivity contribution < 1.29 is 14.3 Å². The van der Waals surface area contributed by atoms with Gasteiger partial charge in [-0.05, 0) is 65.7 Å². The molecular formula is C25H16O3. The second-order valence-corrected chi connectivity index (χ2v) is 6.57. The van der Waals surface area contributed by atoms with E-state index in [0.29, 0.717) is 17.1 Å². The quantitative estimate of drug-likeness (QED) is 0.366. The molecule has 28 heavy (non-hydrogen) atoms. The molecule has 0 heterocycles. The lowest BCUT2D eigenvalue weighted by Crippen LogP contribution is -1.95. The van der Waals surface area contributed by atoms with E-state index in [1.54, 1.807) is 0 Å². The molecular weight excluding hydrogens is 348 g/mol. The Morgan fingerprint density at radius 1 is 0.429 bits per heavy atom. The lowest BCUT2D eigenvalue weighted by Gasteiger charge is -2.09. The highest BCUT2D eigenvalue weighted by atomic mass is 16.5. The summed E-state index contributed by atoms with van der Waals surface area (Å²) in [6, 6.07) is 30.4. The minimum Gasteiger partial charge on any atom is -0.457 e. The Kier molecular flexibility index (Phi) is 3.91. The summed E-state index contributed by atoms with van der Waals surface area (Å²) in [5.41, 5.74) is 3.37. The monoisotopic (exact) mass is 364 g/mol. The van der Waals surface area contributed by atoms with Crippen LogP contribution in [0, 0.1) is 0 Å². The van der Waals surface area contributed by atoms with Gasteiger partial charge in [0.25, 0.3) is 0 Å². The second-order valence-electron chi connectivity index (χ2n) is 6.57. The van der Waals surface area contributed by atoms with Crippen LogP contribution in [-0.4, -0.2) is 5.78 Å². The molecule has 3 nitrogen and oxygen atoms in total. The van der Waals surface area contributed by atoms with E-state index in [2.05, 4.69) is 0 Å². The first-order valence-electron chi connectivity index (χ1n) is 9.07. The summed E-state index contributed by atoms with van der Waals surface area (Å²) in [5.74, 6) is 2.88. The van der Waals surface area contributed by atoms with Gasteiger partial charge < -0.3 is 9.47 Å². The summed E-state index contributed by atoms with van der Waals surface area (Å²) in [6.45, 7) is 0. The van der Waals surface area contributed by atoms with E-state index in [1.165, 1.54) is 0 Å². The van der Waals surface area contributed by atoms with Crippen molar-refractivity contribution in [2.75, 3.05) is 0 Å². The van der Waals surface area contributed by atoms with E-state index in [-0.39, 0.29) is 5.78 Å². The van der Waals surface area contributed by atoms with E-state index >= 15 is 0 Å². The first-order valence-corrected chi connectivity index (χ1v) is 9.07. The smallest absolute Gasteiger partial charge is 0.194 e. The van der Waals surface area contributed by atoms with Crippen molar-refractivity contribution in [3.63, 3.8) is 0 Å². The number of hydrogen-bond donors (Lipinski definition) is 0. The highest BCUT2D eigenvalue weighted by Crippen LogP contribution is 2.39. The fraction of sp³-hybridized carbons (Fsp3) is 0. The minimum absolute atomic E-state index is 0.0441. The van der Waals surface area contributed by atoms with Crippen LogP contribution in [0.25, 0.3) is 11.1 Å². The van der Waals surface area contributed by atoms with Crippen LogP contribution >= 0.6 is 0 Å². The van der Waals surface area contributed by atoms with Crippen LogP contribution in [0.1, 0.15) is 15.9 Å². The van der Waals surface area contributed by atoms with Crippen LogP contribution in [-0.2, 0) is 0 Å². The molecule has 0 radical (unpaired) electrons. The molecule has 0 amide bonds. The molecule has 4 aromatic rings. The third kappa shape index (κ3) is 2.93. The zero-order chi connectivity index (χ0) is 18.9. The molecule has 1 aliphatic carbocycles. The molecule has 0 N–H and O–H groups in total. The third-order valence-electron chi connectivity index (χ3n) is 4.74. The molecule has 134 valence electrons. The lowest BCUT2D eigenvalue weighted by molar-refractivity contribution is 0.104. The average Bonchev–Trinajstić information content (AvgIpc) is 3.02. The van der Waals surface area contributed by atoms with Crippen molar-refractivity contribution in [1.82, 2.24) is 0 Å². The van der Waals surface area contributed by atoms with Gasteiger partial charge in [0.15, 0.2) is 5.78 Å². The number of ether oxygens (including phenoxy) is 2. The van der Waals surface area contributed by atoms with Crippen molar-refractivity contribution in [1.29, 1.82) is 0 Å². The number of carbonyl (C=O) groups excluding carboxylic acids is 1. The van der Waals surface area contributed by atoms with Gasteiger partial charge in [-0.2, -0.15) is 0 Å². The normalized spacial score (nSPS) is 11.6. The summed E-state index contributed by atoms with van der Waals surface area (Å²) >= 11 is 0. The Morgan fingerprint density at radius 3 is 1.64 bits per heavy atom. The van der Waals surface area contributed by atoms with Gasteiger partial charge in [0, 0.05) is 11.1 Å². The van der Waals surface area contributed by atoms with Crippen LogP contribution < -0.4 is 9.47 Å². The Morgan fingerprint density at radius 2 is 0.929 bits per heavy atom. The molecule has 1 aliphatic rings. The molecule has 0 fully saturated rings. The number of fused-ring (bicyclic) bond motifs is 3. The van der Waals surface area contributed by atoms with E-state index in [1.807, 2.05) is 97.1 Å². The van der Waals surface area contributed by atoms with E-state index < -0.39 is 0 Å². The molecule has 0 atom stereocenters. The van der Waals surface area contributed by atoms with Gasteiger partial charge in [-0.15, -0.1) is 0 Å². The number of para-hydroxylation sites is 1. The average molecular weight is 364 g/mol. The second kappa shape index (κ2) is 6.71. The van der Waals surface area contributed by atoms with Gasteiger partial charge in [-0.3, -0.25) is 4.79 Å². The SMILES string of the molecule is O=C1c2ccccc2-c2ccc(Oc3ccc(Oc4ccccc4)cc3)cc21. The standard InChI is InChI=1S/C25H16O3/c26-25-23-9-5-4-8-21(23)22-15-14-20(16-24(22)25)28-19-12-10-18(11-13-19)27-17-6-2-1-3-7-17/h1-16H. The maximum absolute atomic E-state index is 12.6. The predicted molar refractivity (Wildman–Crippen MR) is 108 cm³/mol. The van der Waals surface area contributed by atoms with Crippen LogP contribution in [0.15, 0.2) is 97.1 Å². The number of hydrogen-bond acceptors (Lipinski definition) is 3. The van der Waals surface area contributed by atoms with Crippen LogP contribution in [0.3, 0.4) is 0 Å². The molecule has 0 aliphatic heterocycles. The molecule has 0 saturated carbocycles. The van der Waals surface area contributed by atoms with Gasteiger partial charge in [0.1, 0.15) is 23.0 Å². The first-order chi connectivity index (χ1) is 13.8. The highest BCUT2D eigenvalue weighted by Gasteiger charge is 2.26. The van der Waals surface area contributed by atoms with Crippen molar-refractivity contribution in [2.45, 2.75) is 0 Å². The molecule has 5 rings (SSSR count). The van der Waals surface area contributed by atoms with Crippen LogP contribution in [0.2, 0.25) is 0 Å². The summed E-state index contributed by atoms with van der Waals surface area (Å²) in [5, 5.41) is 0. The zero-order valence-corrected chi connectivity index (χ0v) is 15.0. The van der Waals surface area contributed by atoms with Crippen molar-refractivity contribution in [3.8, 4) is 34.1 Å². The molecule has 4 aromatic carbocycles. The van der Waals surface area contributed by atoms with Gasteiger partial charge in [-0.25, -0.2) is 0 Å². The fourth-order valence-corrected chi connectivity index (χ4v) is 3.41. The fourth-order valence-electron chi connectivity index (χ4n) is 3.41. The zero-order valence-electron chi connectivity index (χ0n) is 15.0. The number of rotatable bonds is 4. The Labute approximate surface area is 162 Å². The van der Waals surface area contributed by atoms with E-state index in [4.69, 9.17) is 9.47 Å². The molecule has 0 saturated heterocycles. The Balaban J connectivity index is 1.35. The molecule has 0 spiro atoms. The van der Waals surface area contributed by atoms with Gasteiger partial charge in [0.05, 0.1) is 0 Å². The predicted octanol–water partition coefficient (Wildman–Crippen LogP) is 6.48. The van der Waals surface area contributed by atoms with Crippen LogP contribution in [0.5, 0.6) is 23.0 Å². The summed E-state index contributed by atoms with van der Waals surface area (Å²) < 4.78 is 11.7. The topological polar surface area (TPSA) is 35.5 Å². The maximum atomic E-state index is 12.6. The van der Waals surface area contributed by atoms with E-state index in [9.17, 15) is 4.79 Å². The van der Waals surface area contributed by atoms with Gasteiger partial charge in [-0.1, -0.05) is 42.5 Å². The largest absolute Gasteiger partial charge is 0.457 e. The summed E-state index contributed by atoms with van der Waals surface area (Å²) in [7, 11) is 0. The first kappa shape index (κ1) is 16.3. The van der Waals surface area contributed by atoms with Crippen LogP contribution in [0.4, 0.5) is 0 Å². The summed E-state index contributed by atoms with van der Waals surface area (Å²) in [4.78, 5) is 12.6. The molecule has 0 bridgehead atoms. The van der Waals surface area contributed by atoms with Crippen molar-refractivity contribution in [3.05, 3.63) is 108 Å². The minimum atomic E-state index is 0.0441. The lowest BCUT2D eigenvalue weighted by atomic mass is 10.1. The van der Waals surface area contributed by atoms with Crippen molar-refractivity contribution in [2.24, 2.45) is 0 Å². The molecule has 3 heteroatoms. The van der Waals surface area contributed by atoms with Crippen molar-refractivity contribution >= 4 is 5.78 Å². The Hall–Kier alpha value is -3.85. The number of carbonyl (C=O) groups is 1. The Bertz CT molecular complexity index is 1160. The molecule has 0 aromatic heterocycles. The molecule has 0 unspecified atom stereocenters. The maximum Gasteiger partial charge on any atom is 0.194 e. The number of benzene rings is 4. The highest BCUT2D eigenvalue weighted by molar-refractivity contribution is 6.21.